The van der Waals surface area contributed by atoms with Crippen molar-refractivity contribution in [3.63, 3.8) is 0 Å². The maximum atomic E-state index is 13.5. The maximum absolute atomic E-state index is 13.5. The van der Waals surface area contributed by atoms with Crippen molar-refractivity contribution >= 4 is 41.1 Å². The fraction of sp³-hybridized carbons (Fsp3) is 0.310. The van der Waals surface area contributed by atoms with Gasteiger partial charge in [-0.05, 0) is 61.9 Å². The van der Waals surface area contributed by atoms with Gasteiger partial charge in [0, 0.05) is 36.4 Å². The highest BCUT2D eigenvalue weighted by Crippen LogP contribution is 2.36. The number of hydrogen-bond acceptors (Lipinski definition) is 15. The van der Waals surface area contributed by atoms with Crippen molar-refractivity contribution in [2.75, 3.05) is 26.3 Å². The van der Waals surface area contributed by atoms with Crippen molar-refractivity contribution in [3.8, 4) is 22.6 Å². The van der Waals surface area contributed by atoms with E-state index in [0.29, 0.717) is 28.3 Å². The topological polar surface area (TPSA) is 248 Å². The molecule has 7 N–H and O–H groups in total. The van der Waals surface area contributed by atoms with Gasteiger partial charge >= 0.3 is 11.9 Å². The number of benzene rings is 3. The number of hydrogen-bond donors (Lipinski definition) is 7. The number of phenolic OH excluding ortho intramolecular Hbond substituents is 1. The van der Waals surface area contributed by atoms with E-state index in [-0.39, 0.29) is 53.0 Å². The Bertz CT molecular complexity index is 2410. The van der Waals surface area contributed by atoms with Gasteiger partial charge in [0.15, 0.2) is 16.7 Å². The minimum atomic E-state index is -2.56. The Hall–Kier alpha value is -6.05. The van der Waals surface area contributed by atoms with Crippen LogP contribution in [0.2, 0.25) is 0 Å². The Kier molecular flexibility index (Phi) is 11.9. The van der Waals surface area contributed by atoms with Crippen LogP contribution in [-0.4, -0.2) is 113 Å². The van der Waals surface area contributed by atoms with Crippen molar-refractivity contribution in [2.45, 2.75) is 56.5 Å². The van der Waals surface area contributed by atoms with Gasteiger partial charge in [-0.15, -0.1) is 0 Å². The molecule has 7 rings (SSSR count). The van der Waals surface area contributed by atoms with Crippen LogP contribution in [0.15, 0.2) is 98.5 Å². The number of hydroxylamine groups is 2. The van der Waals surface area contributed by atoms with Crippen molar-refractivity contribution in [3.05, 3.63) is 111 Å². The molecule has 0 radical (unpaired) electrons. The molecule has 308 valence electrons. The molecule has 59 heavy (non-hydrogen) atoms. The van der Waals surface area contributed by atoms with Crippen molar-refractivity contribution < 1.29 is 68.4 Å². The average molecular weight is 813 g/mol. The number of carbonyl (C=O) groups is 3. The lowest BCUT2D eigenvalue weighted by Crippen LogP contribution is -3.09. The van der Waals surface area contributed by atoms with Crippen LogP contribution in [0, 0.1) is 13.8 Å². The molecule has 17 nitrogen and oxygen atoms in total. The number of aryl methyl sites for hydroxylation is 2. The third-order valence-corrected chi connectivity index (χ3v) is 10.3. The summed E-state index contributed by atoms with van der Waals surface area (Å²) in [4.78, 5) is 60.1. The van der Waals surface area contributed by atoms with E-state index >= 15 is 0 Å². The summed E-state index contributed by atoms with van der Waals surface area (Å²) in [6.07, 6.45) is -1.74. The van der Waals surface area contributed by atoms with Crippen molar-refractivity contribution in [1.29, 1.82) is 0 Å². The van der Waals surface area contributed by atoms with Crippen LogP contribution in [0.3, 0.4) is 0 Å². The van der Waals surface area contributed by atoms with E-state index in [1.165, 1.54) is 36.6 Å². The predicted molar refractivity (Wildman–Crippen MR) is 208 cm³/mol. The first-order valence-corrected chi connectivity index (χ1v) is 18.7. The summed E-state index contributed by atoms with van der Waals surface area (Å²) >= 11 is 0. The van der Waals surface area contributed by atoms with E-state index in [0.717, 1.165) is 22.3 Å². The number of carboxylic acids is 1. The second kappa shape index (κ2) is 17.0. The van der Waals surface area contributed by atoms with E-state index in [1.807, 2.05) is 38.1 Å². The molecule has 4 heterocycles. The number of nitrogens with zero attached hydrogens (tertiary/aromatic N) is 1. The number of ether oxygens (including phenoxy) is 3. The largest absolute Gasteiger partial charge is 0.508 e. The first-order valence-electron chi connectivity index (χ1n) is 18.7. The van der Waals surface area contributed by atoms with E-state index in [2.05, 4.69) is 10.3 Å². The van der Waals surface area contributed by atoms with Crippen LogP contribution in [0.5, 0.6) is 11.5 Å². The Morgan fingerprint density at radius 3 is 2.53 bits per heavy atom. The number of carbonyl (C=O) groups excluding carboxylic acids is 2. The third kappa shape index (κ3) is 8.30. The molecule has 0 amide bonds. The molecule has 7 atom stereocenters. The fourth-order valence-corrected chi connectivity index (χ4v) is 7.36. The van der Waals surface area contributed by atoms with Gasteiger partial charge < -0.3 is 49.0 Å². The second-order valence-corrected chi connectivity index (χ2v) is 14.5. The van der Waals surface area contributed by atoms with Gasteiger partial charge in [-0.2, -0.15) is 9.90 Å². The number of fused-ring (bicyclic) bond motifs is 2. The minimum Gasteiger partial charge on any atom is -0.508 e. The van der Waals surface area contributed by atoms with E-state index in [9.17, 15) is 44.7 Å². The summed E-state index contributed by atoms with van der Waals surface area (Å²) in [5.74, 6) is -2.79. The van der Waals surface area contributed by atoms with Gasteiger partial charge in [-0.3, -0.25) is 10.1 Å². The standard InChI is InChI=1S/C42H41N3O14/c1-22-14-23(2)16-26(15-22)35-33-25(10-12-44-33)18-45(35)59-38-41(57-28-8-9-29-31(17-28)55-19-30(36(29)49)24-4-6-27(48)7-5-24)58-32(37(50)42(38,54)21-47)20-56-40(53)34(39(51)52)43-11-3-13-46/h4-10,12-17,19,32,34,37-38,41,43,47-48,50,54H,3,11,18,20-21H2,1-2H3,(H,51,52)/p+1. The number of allylic oxidation sites excluding steroid dienone is 1. The molecule has 0 aliphatic carbocycles. The highest BCUT2D eigenvalue weighted by atomic mass is 16.8. The molecule has 0 saturated carbocycles. The average Bonchev–Trinajstić information content (AvgIpc) is 3.80. The zero-order valence-electron chi connectivity index (χ0n) is 31.9. The lowest BCUT2D eigenvalue weighted by Gasteiger charge is -2.47. The number of aliphatic hydroxyl groups is 3. The van der Waals surface area contributed by atoms with Crippen molar-refractivity contribution in [1.82, 2.24) is 5.32 Å². The summed E-state index contributed by atoms with van der Waals surface area (Å²) < 4.78 is 23.5. The maximum Gasteiger partial charge on any atom is 0.334 e. The third-order valence-electron chi connectivity index (χ3n) is 10.3. The first-order chi connectivity index (χ1) is 28.3. The van der Waals surface area contributed by atoms with Crippen LogP contribution in [-0.2, 0) is 28.7 Å². The van der Waals surface area contributed by atoms with Crippen molar-refractivity contribution in [2.24, 2.45) is 4.99 Å². The molecular formula is C42H42N3O14+. The van der Waals surface area contributed by atoms with Crippen LogP contribution in [0.4, 0.5) is 0 Å². The monoisotopic (exact) mass is 812 g/mol. The van der Waals surface area contributed by atoms with Gasteiger partial charge in [-0.1, -0.05) is 29.3 Å². The summed E-state index contributed by atoms with van der Waals surface area (Å²) in [5, 5.41) is 56.8. The molecule has 1 saturated heterocycles. The van der Waals surface area contributed by atoms with Gasteiger partial charge in [0.05, 0.1) is 17.6 Å². The summed E-state index contributed by atoms with van der Waals surface area (Å²) in [5.41, 5.74) is 2.72. The number of rotatable bonds is 15. The SMILES string of the molecule is Cc1cc(C)cc(C2=C3N=CC=C3C[NH+]2OC2C(Oc3ccc4c(=O)c(-c5ccc(O)cc5)coc4c3)OC(COC(=O)C(NCCC=O)C(=O)O)C(O)C2(O)CO)c1. The van der Waals surface area contributed by atoms with Crippen LogP contribution in [0.1, 0.15) is 23.1 Å². The van der Waals surface area contributed by atoms with Gasteiger partial charge in [0.1, 0.15) is 60.7 Å². The molecule has 0 bridgehead atoms. The number of aromatic hydroxyl groups is 1. The van der Waals surface area contributed by atoms with Gasteiger partial charge in [0.25, 0.3) is 0 Å². The molecule has 7 unspecified atom stereocenters. The number of nitrogens with one attached hydrogen (secondary N) is 2. The molecule has 3 aromatic carbocycles. The Morgan fingerprint density at radius 1 is 1.08 bits per heavy atom. The lowest BCUT2D eigenvalue weighted by molar-refractivity contribution is -1.04. The number of aliphatic hydroxyl groups excluding tert-OH is 2. The van der Waals surface area contributed by atoms with Crippen LogP contribution >= 0.6 is 0 Å². The summed E-state index contributed by atoms with van der Waals surface area (Å²) in [6, 6.07) is 14.4. The fourth-order valence-electron chi connectivity index (χ4n) is 7.36. The van der Waals surface area contributed by atoms with E-state index in [1.54, 1.807) is 18.3 Å². The quantitative estimate of drug-likeness (QED) is 0.0378. The summed E-state index contributed by atoms with van der Waals surface area (Å²) in [7, 11) is 0. The molecule has 1 aromatic heterocycles. The number of carboxylic acid groups (broad SMARTS) is 1. The second-order valence-electron chi connectivity index (χ2n) is 14.5. The highest BCUT2D eigenvalue weighted by molar-refractivity contribution is 5.98. The van der Waals surface area contributed by atoms with Gasteiger partial charge in [0.2, 0.25) is 18.4 Å². The van der Waals surface area contributed by atoms with Gasteiger partial charge in [-0.25, -0.2) is 14.6 Å². The Labute approximate surface area is 336 Å². The number of aldehydes is 1. The highest BCUT2D eigenvalue weighted by Gasteiger charge is 2.60. The lowest BCUT2D eigenvalue weighted by atomic mass is 9.84. The molecular weight excluding hydrogens is 770 g/mol. The number of quaternary nitrogens is 1. The van der Waals surface area contributed by atoms with Crippen LogP contribution in [0.25, 0.3) is 27.8 Å². The normalized spacial score (nSPS) is 24.2. The zero-order valence-corrected chi connectivity index (χ0v) is 31.9. The van der Waals surface area contributed by atoms with E-state index < -0.39 is 61.4 Å². The zero-order chi connectivity index (χ0) is 42.0. The molecule has 17 heteroatoms. The van der Waals surface area contributed by atoms with E-state index in [4.69, 9.17) is 23.5 Å². The number of aliphatic carboxylic acids is 1. The first kappa shape index (κ1) is 41.1. The molecule has 0 spiro atoms. The Morgan fingerprint density at radius 2 is 1.83 bits per heavy atom. The van der Waals surface area contributed by atoms with Crippen LogP contribution < -0.4 is 20.5 Å². The predicted octanol–water partition coefficient (Wildman–Crippen LogP) is 0.724. The number of esters is 1. The molecule has 4 aromatic rings. The number of phenols is 1. The Balaban J connectivity index is 1.23. The molecule has 3 aliphatic heterocycles. The molecule has 3 aliphatic rings. The smallest absolute Gasteiger partial charge is 0.334 e. The minimum absolute atomic E-state index is 0.0272. The number of aliphatic imine (C=N–C) groups is 1. The molecule has 1 fully saturated rings. The summed E-state index contributed by atoms with van der Waals surface area (Å²) in [6.45, 7) is 2.06.